The zero-order valence-corrected chi connectivity index (χ0v) is 14.5. The molecule has 1 N–H and O–H groups in total. The Labute approximate surface area is 150 Å². The van der Waals surface area contributed by atoms with E-state index in [-0.39, 0.29) is 0 Å². The molecule has 0 saturated heterocycles. The van der Waals surface area contributed by atoms with Crippen LogP contribution in [0.25, 0.3) is 27.9 Å². The molecule has 0 aromatic carbocycles. The van der Waals surface area contributed by atoms with Crippen molar-refractivity contribution in [2.24, 2.45) is 5.92 Å². The van der Waals surface area contributed by atoms with Gasteiger partial charge in [-0.25, -0.2) is 19.5 Å². The number of nitrogens with zero attached hydrogens (tertiary/aromatic N) is 5. The second-order valence-corrected chi connectivity index (χ2v) is 7.71. The van der Waals surface area contributed by atoms with Crippen LogP contribution in [0.4, 0.5) is 0 Å². The maximum absolute atomic E-state index is 4.91. The van der Waals surface area contributed by atoms with Crippen LogP contribution in [0, 0.1) is 5.92 Å². The highest BCUT2D eigenvalue weighted by molar-refractivity contribution is 5.92. The van der Waals surface area contributed by atoms with E-state index in [9.17, 15) is 0 Å². The fourth-order valence-electron chi connectivity index (χ4n) is 3.93. The molecule has 6 rings (SSSR count). The summed E-state index contributed by atoms with van der Waals surface area (Å²) in [7, 11) is 0. The van der Waals surface area contributed by atoms with Crippen molar-refractivity contribution in [3.63, 3.8) is 0 Å². The third kappa shape index (κ3) is 2.25. The predicted octanol–water partition coefficient (Wildman–Crippen LogP) is 3.89. The van der Waals surface area contributed by atoms with E-state index in [0.717, 1.165) is 46.1 Å². The molecule has 6 nitrogen and oxygen atoms in total. The zero-order chi connectivity index (χ0) is 17.1. The van der Waals surface area contributed by atoms with Crippen LogP contribution in [0.1, 0.15) is 49.4 Å². The van der Waals surface area contributed by atoms with Crippen LogP contribution in [-0.2, 0) is 6.42 Å². The highest BCUT2D eigenvalue weighted by Crippen LogP contribution is 2.41. The Hall–Kier alpha value is -2.76. The first-order valence-electron chi connectivity index (χ1n) is 9.53. The first-order chi connectivity index (χ1) is 12.8. The molecule has 0 atom stereocenters. The Morgan fingerprint density at radius 2 is 2.04 bits per heavy atom. The monoisotopic (exact) mass is 344 g/mol. The Bertz CT molecular complexity index is 1120. The summed E-state index contributed by atoms with van der Waals surface area (Å²) in [5.74, 6) is 2.36. The van der Waals surface area contributed by atoms with Gasteiger partial charge in [0.2, 0.25) is 0 Å². The van der Waals surface area contributed by atoms with Gasteiger partial charge in [-0.2, -0.15) is 5.10 Å². The number of hydrogen-bond acceptors (Lipinski definition) is 4. The Morgan fingerprint density at radius 1 is 1.12 bits per heavy atom. The van der Waals surface area contributed by atoms with Gasteiger partial charge in [-0.3, -0.25) is 0 Å². The van der Waals surface area contributed by atoms with Gasteiger partial charge in [0.1, 0.15) is 11.5 Å². The standard InChI is InChI=1S/C20H20N6/c1-2-12(3-1)8-18-21-10-16-15(9-22-19(16)25-18)17-6-7-26-20(24-17)14(11-23-26)13-4-5-13/h6-7,9-13H,1-5,8H2,(H,21,22,25). The van der Waals surface area contributed by atoms with Crippen molar-refractivity contribution in [2.75, 3.05) is 0 Å². The smallest absolute Gasteiger partial charge is 0.159 e. The van der Waals surface area contributed by atoms with Gasteiger partial charge in [0.05, 0.1) is 11.9 Å². The summed E-state index contributed by atoms with van der Waals surface area (Å²) >= 11 is 0. The van der Waals surface area contributed by atoms with E-state index in [1.165, 1.54) is 37.7 Å². The number of aromatic nitrogens is 6. The van der Waals surface area contributed by atoms with E-state index >= 15 is 0 Å². The van der Waals surface area contributed by atoms with Crippen LogP contribution in [-0.4, -0.2) is 29.5 Å². The van der Waals surface area contributed by atoms with Crippen LogP contribution in [0.2, 0.25) is 0 Å². The minimum Gasteiger partial charge on any atom is -0.345 e. The lowest BCUT2D eigenvalue weighted by molar-refractivity contribution is 0.309. The van der Waals surface area contributed by atoms with Crippen molar-refractivity contribution in [3.8, 4) is 11.3 Å². The topological polar surface area (TPSA) is 71.8 Å². The average molecular weight is 344 g/mol. The van der Waals surface area contributed by atoms with E-state index in [1.807, 2.05) is 35.4 Å². The molecule has 2 saturated carbocycles. The molecule has 6 heteroatoms. The molecule has 4 aromatic heterocycles. The number of nitrogens with one attached hydrogen (secondary N) is 1. The van der Waals surface area contributed by atoms with Crippen LogP contribution in [0.3, 0.4) is 0 Å². The fraction of sp³-hybridized carbons (Fsp3) is 0.400. The van der Waals surface area contributed by atoms with Crippen molar-refractivity contribution in [2.45, 2.75) is 44.4 Å². The predicted molar refractivity (Wildman–Crippen MR) is 98.9 cm³/mol. The van der Waals surface area contributed by atoms with E-state index in [0.29, 0.717) is 5.92 Å². The number of H-pyrrole nitrogens is 1. The molecule has 2 aliphatic rings. The summed E-state index contributed by atoms with van der Waals surface area (Å²) in [6, 6.07) is 2.02. The van der Waals surface area contributed by atoms with Crippen LogP contribution >= 0.6 is 0 Å². The minimum absolute atomic E-state index is 0.635. The first-order valence-corrected chi connectivity index (χ1v) is 9.53. The summed E-state index contributed by atoms with van der Waals surface area (Å²) in [4.78, 5) is 17.6. The number of hydrogen-bond donors (Lipinski definition) is 1. The third-order valence-electron chi connectivity index (χ3n) is 5.87. The lowest BCUT2D eigenvalue weighted by Crippen LogP contribution is -2.15. The van der Waals surface area contributed by atoms with E-state index in [1.54, 1.807) is 0 Å². The minimum atomic E-state index is 0.635. The van der Waals surface area contributed by atoms with Crippen molar-refractivity contribution < 1.29 is 0 Å². The largest absolute Gasteiger partial charge is 0.345 e. The van der Waals surface area contributed by atoms with Crippen molar-refractivity contribution in [1.82, 2.24) is 29.5 Å². The SMILES string of the molecule is c1cn2ncc(C3CC3)c2nc1-c1c[nH]c2nc(CC3CCC3)ncc12. The van der Waals surface area contributed by atoms with Gasteiger partial charge < -0.3 is 4.98 Å². The molecule has 2 fully saturated rings. The number of rotatable bonds is 4. The summed E-state index contributed by atoms with van der Waals surface area (Å²) in [5.41, 5.74) is 5.15. The third-order valence-corrected chi connectivity index (χ3v) is 5.87. The number of fused-ring (bicyclic) bond motifs is 2. The summed E-state index contributed by atoms with van der Waals surface area (Å²) < 4.78 is 1.87. The van der Waals surface area contributed by atoms with Gasteiger partial charge >= 0.3 is 0 Å². The van der Waals surface area contributed by atoms with Crippen molar-refractivity contribution in [3.05, 3.63) is 42.2 Å². The van der Waals surface area contributed by atoms with Gasteiger partial charge in [-0.1, -0.05) is 19.3 Å². The van der Waals surface area contributed by atoms with Gasteiger partial charge in [0.25, 0.3) is 0 Å². The Kier molecular flexibility index (Phi) is 2.97. The van der Waals surface area contributed by atoms with Gasteiger partial charge in [-0.15, -0.1) is 0 Å². The highest BCUT2D eigenvalue weighted by Gasteiger charge is 2.27. The van der Waals surface area contributed by atoms with E-state index < -0.39 is 0 Å². The summed E-state index contributed by atoms with van der Waals surface area (Å²) in [5, 5.41) is 5.47. The molecule has 26 heavy (non-hydrogen) atoms. The Balaban J connectivity index is 1.41. The van der Waals surface area contributed by atoms with Gasteiger partial charge in [-0.05, 0) is 30.7 Å². The molecule has 4 heterocycles. The zero-order valence-electron chi connectivity index (χ0n) is 14.5. The molecule has 2 aliphatic carbocycles. The maximum atomic E-state index is 4.91. The molecular formula is C20H20N6. The molecule has 130 valence electrons. The molecule has 4 aromatic rings. The molecule has 0 unspecified atom stereocenters. The molecule has 0 radical (unpaired) electrons. The molecular weight excluding hydrogens is 324 g/mol. The maximum Gasteiger partial charge on any atom is 0.159 e. The van der Waals surface area contributed by atoms with Crippen LogP contribution in [0.5, 0.6) is 0 Å². The molecule has 0 aliphatic heterocycles. The quantitative estimate of drug-likeness (QED) is 0.610. The molecule has 0 bridgehead atoms. The number of aromatic amines is 1. The van der Waals surface area contributed by atoms with Crippen LogP contribution < -0.4 is 0 Å². The normalized spacial score (nSPS) is 17.8. The summed E-state index contributed by atoms with van der Waals surface area (Å²) in [6.07, 6.45) is 15.4. The first kappa shape index (κ1) is 14.4. The van der Waals surface area contributed by atoms with Crippen LogP contribution in [0.15, 0.2) is 30.9 Å². The van der Waals surface area contributed by atoms with Crippen molar-refractivity contribution >= 4 is 16.7 Å². The second-order valence-electron chi connectivity index (χ2n) is 7.71. The fourth-order valence-corrected chi connectivity index (χ4v) is 3.93. The lowest BCUT2D eigenvalue weighted by atomic mass is 9.83. The lowest BCUT2D eigenvalue weighted by Gasteiger charge is -2.24. The van der Waals surface area contributed by atoms with Gasteiger partial charge in [0.15, 0.2) is 5.65 Å². The average Bonchev–Trinajstić information content (AvgIpc) is 3.25. The second kappa shape index (κ2) is 5.37. The van der Waals surface area contributed by atoms with E-state index in [2.05, 4.69) is 15.1 Å². The molecule has 0 spiro atoms. The highest BCUT2D eigenvalue weighted by atomic mass is 15.2. The van der Waals surface area contributed by atoms with Gasteiger partial charge in [0, 0.05) is 41.5 Å². The summed E-state index contributed by atoms with van der Waals surface area (Å²) in [6.45, 7) is 0. The Morgan fingerprint density at radius 3 is 2.85 bits per heavy atom. The van der Waals surface area contributed by atoms with E-state index in [4.69, 9.17) is 9.97 Å². The van der Waals surface area contributed by atoms with Crippen molar-refractivity contribution in [1.29, 1.82) is 0 Å². The molecule has 0 amide bonds.